The zero-order chi connectivity index (χ0) is 28.9. The summed E-state index contributed by atoms with van der Waals surface area (Å²) < 4.78 is 21.6. The number of fused-ring (bicyclic) bond motifs is 3. The normalized spacial score (nSPS) is 13.2. The first kappa shape index (κ1) is 28.6. The van der Waals surface area contributed by atoms with E-state index in [2.05, 4.69) is 16.6 Å². The number of non-ortho nitro benzene ring substituents is 1. The second-order valence-electron chi connectivity index (χ2n) is 9.10. The van der Waals surface area contributed by atoms with Crippen LogP contribution in [0.5, 0.6) is 0 Å². The van der Waals surface area contributed by atoms with E-state index in [-0.39, 0.29) is 29.7 Å². The van der Waals surface area contributed by atoms with E-state index < -0.39 is 24.0 Å². The van der Waals surface area contributed by atoms with Gasteiger partial charge in [-0.3, -0.25) is 19.5 Å². The fourth-order valence-corrected chi connectivity index (χ4v) is 6.57. The van der Waals surface area contributed by atoms with Gasteiger partial charge in [0.1, 0.15) is 5.71 Å². The summed E-state index contributed by atoms with van der Waals surface area (Å²) in [4.78, 5) is 39.6. The lowest BCUT2D eigenvalue weighted by molar-refractivity contribution is -0.384. The number of aryl methyl sites for hydroxylation is 1. The number of carbonyl (C=O) groups is 2. The third-order valence-corrected chi connectivity index (χ3v) is 8.90. The van der Waals surface area contributed by atoms with Gasteiger partial charge in [0.25, 0.3) is 5.69 Å². The van der Waals surface area contributed by atoms with Crippen LogP contribution in [0.25, 0.3) is 21.8 Å². The number of nitro benzene ring substituents is 1. The van der Waals surface area contributed by atoms with E-state index in [0.29, 0.717) is 29.0 Å². The third kappa shape index (κ3) is 6.09. The average molecular weight is 562 g/mol. The van der Waals surface area contributed by atoms with Gasteiger partial charge in [0, 0.05) is 64.4 Å². The summed E-state index contributed by atoms with van der Waals surface area (Å²) >= 11 is 0. The average Bonchev–Trinajstić information content (AvgIpc) is 3.27. The maximum atomic E-state index is 13.8. The highest BCUT2D eigenvalue weighted by atomic mass is 31.2. The van der Waals surface area contributed by atoms with Crippen molar-refractivity contribution in [2.75, 3.05) is 12.8 Å². The molecular weight excluding hydrogens is 533 g/mol. The lowest BCUT2D eigenvalue weighted by Crippen LogP contribution is -2.12. The SMILES string of the molecule is C=CCOP(=O)(CCCn1c2ccc(C(=O)/C(C)=N/OC(C)=O)cc2c2cc([N+](=O)[O-])ccc21)c1ccccc1. The molecule has 0 bridgehead atoms. The number of rotatable bonds is 12. The molecule has 0 fully saturated rings. The molecule has 0 amide bonds. The van der Waals surface area contributed by atoms with Crippen molar-refractivity contribution in [3.8, 4) is 0 Å². The first-order valence-electron chi connectivity index (χ1n) is 12.5. The molecule has 1 atom stereocenters. The highest BCUT2D eigenvalue weighted by Gasteiger charge is 2.25. The highest BCUT2D eigenvalue weighted by molar-refractivity contribution is 7.67. The van der Waals surface area contributed by atoms with Crippen molar-refractivity contribution in [2.45, 2.75) is 26.8 Å². The van der Waals surface area contributed by atoms with E-state index >= 15 is 0 Å². The fourth-order valence-electron chi connectivity index (χ4n) is 4.50. The van der Waals surface area contributed by atoms with Gasteiger partial charge in [-0.05, 0) is 49.7 Å². The van der Waals surface area contributed by atoms with Crippen LogP contribution in [-0.4, -0.2) is 39.7 Å². The Morgan fingerprint density at radius 2 is 1.73 bits per heavy atom. The molecule has 0 spiro atoms. The number of Topliss-reactive ketones (excluding diaryl/α,β-unsaturated/α-hetero) is 1. The van der Waals surface area contributed by atoms with E-state index in [1.165, 1.54) is 26.0 Å². The van der Waals surface area contributed by atoms with Gasteiger partial charge in [0.05, 0.1) is 11.5 Å². The van der Waals surface area contributed by atoms with Gasteiger partial charge in [0.2, 0.25) is 13.2 Å². The Morgan fingerprint density at radius 3 is 2.38 bits per heavy atom. The Bertz CT molecular complexity index is 1690. The van der Waals surface area contributed by atoms with Crippen LogP contribution in [0.2, 0.25) is 0 Å². The van der Waals surface area contributed by atoms with E-state index in [4.69, 9.17) is 4.52 Å². The first-order valence-corrected chi connectivity index (χ1v) is 14.3. The van der Waals surface area contributed by atoms with E-state index in [0.717, 1.165) is 11.0 Å². The number of ketones is 1. The quantitative estimate of drug-likeness (QED) is 0.0393. The summed E-state index contributed by atoms with van der Waals surface area (Å²) in [6, 6.07) is 18.7. The van der Waals surface area contributed by atoms with Crippen LogP contribution in [0.3, 0.4) is 0 Å². The second-order valence-corrected chi connectivity index (χ2v) is 11.7. The number of nitro groups is 1. The second kappa shape index (κ2) is 12.2. The van der Waals surface area contributed by atoms with Gasteiger partial charge in [0.15, 0.2) is 0 Å². The van der Waals surface area contributed by atoms with Crippen LogP contribution >= 0.6 is 7.37 Å². The molecule has 0 N–H and O–H groups in total. The smallest absolute Gasteiger partial charge is 0.331 e. The molecule has 0 aliphatic rings. The van der Waals surface area contributed by atoms with Crippen molar-refractivity contribution in [3.63, 3.8) is 0 Å². The summed E-state index contributed by atoms with van der Waals surface area (Å²) in [6.45, 7) is 6.88. The Labute approximate surface area is 230 Å². The van der Waals surface area contributed by atoms with Crippen LogP contribution in [0.1, 0.15) is 30.6 Å². The predicted molar refractivity (Wildman–Crippen MR) is 155 cm³/mol. The lowest BCUT2D eigenvalue weighted by Gasteiger charge is -2.19. The van der Waals surface area contributed by atoms with Crippen LogP contribution in [0.15, 0.2) is 84.5 Å². The molecule has 1 unspecified atom stereocenters. The highest BCUT2D eigenvalue weighted by Crippen LogP contribution is 2.46. The molecule has 206 valence electrons. The molecule has 0 saturated heterocycles. The van der Waals surface area contributed by atoms with E-state index in [9.17, 15) is 24.3 Å². The Balaban J connectivity index is 1.72. The Hall–Kier alpha value is -4.40. The molecule has 0 aliphatic carbocycles. The predicted octanol–water partition coefficient (Wildman–Crippen LogP) is 6.02. The van der Waals surface area contributed by atoms with Crippen LogP contribution < -0.4 is 5.30 Å². The topological polar surface area (TPSA) is 130 Å². The largest absolute Gasteiger partial charge is 0.340 e. The monoisotopic (exact) mass is 561 g/mol. The third-order valence-electron chi connectivity index (χ3n) is 6.35. The number of hydrogen-bond acceptors (Lipinski definition) is 8. The number of aromatic nitrogens is 1. The summed E-state index contributed by atoms with van der Waals surface area (Å²) in [7, 11) is -3.16. The number of nitrogens with zero attached hydrogens (tertiary/aromatic N) is 3. The molecule has 10 nitrogen and oxygen atoms in total. The summed E-state index contributed by atoms with van der Waals surface area (Å²) in [5.41, 5.74) is 1.68. The molecule has 1 heterocycles. The van der Waals surface area contributed by atoms with Gasteiger partial charge in [-0.25, -0.2) is 4.79 Å². The van der Waals surface area contributed by atoms with Crippen LogP contribution in [0.4, 0.5) is 5.69 Å². The minimum absolute atomic E-state index is 0.0135. The first-order chi connectivity index (χ1) is 19.1. The molecule has 40 heavy (non-hydrogen) atoms. The molecular formula is C29H28N3O7P. The summed E-state index contributed by atoms with van der Waals surface area (Å²) in [5, 5.41) is 17.0. The lowest BCUT2D eigenvalue weighted by atomic mass is 10.0. The molecule has 1 aromatic heterocycles. The molecule has 4 rings (SSSR count). The van der Waals surface area contributed by atoms with Gasteiger partial charge >= 0.3 is 5.97 Å². The number of oxime groups is 1. The van der Waals surface area contributed by atoms with Crippen molar-refractivity contribution >= 4 is 57.6 Å². The minimum atomic E-state index is -3.16. The maximum Gasteiger partial charge on any atom is 0.331 e. The van der Waals surface area contributed by atoms with E-state index in [1.54, 1.807) is 42.5 Å². The standard InChI is InChI=1S/C29H28N3O7P/c1-4-16-38-40(37,24-9-6-5-7-10-24)17-8-15-31-27-13-11-22(29(34)20(2)30-39-21(3)33)18-25(27)26-19-23(32(35)36)12-14-28(26)31/h4-7,9-14,18-19H,1,8,15-17H2,2-3H3/b30-20+. The number of hydrogen-bond donors (Lipinski definition) is 0. The van der Waals surface area contributed by atoms with Crippen LogP contribution in [-0.2, 0) is 25.3 Å². The number of carbonyl (C=O) groups excluding carboxylic acids is 2. The zero-order valence-corrected chi connectivity index (χ0v) is 23.0. The zero-order valence-electron chi connectivity index (χ0n) is 22.1. The molecule has 0 saturated carbocycles. The molecule has 3 aromatic carbocycles. The van der Waals surface area contributed by atoms with Gasteiger partial charge in [-0.2, -0.15) is 0 Å². The van der Waals surface area contributed by atoms with Crippen molar-refractivity contribution in [2.24, 2.45) is 5.16 Å². The van der Waals surface area contributed by atoms with Crippen molar-refractivity contribution in [3.05, 3.63) is 95.1 Å². The minimum Gasteiger partial charge on any atom is -0.340 e. The van der Waals surface area contributed by atoms with Crippen molar-refractivity contribution in [1.29, 1.82) is 0 Å². The van der Waals surface area contributed by atoms with Gasteiger partial charge in [-0.15, -0.1) is 6.58 Å². The van der Waals surface area contributed by atoms with E-state index in [1.807, 2.05) is 22.8 Å². The Morgan fingerprint density at radius 1 is 1.05 bits per heavy atom. The van der Waals surface area contributed by atoms with Gasteiger partial charge < -0.3 is 13.9 Å². The Kier molecular flexibility index (Phi) is 8.72. The summed E-state index contributed by atoms with van der Waals surface area (Å²) in [5.74, 6) is -1.10. The fraction of sp³-hybridized carbons (Fsp3) is 0.207. The van der Waals surface area contributed by atoms with Crippen molar-refractivity contribution in [1.82, 2.24) is 4.57 Å². The maximum absolute atomic E-state index is 13.8. The molecule has 0 radical (unpaired) electrons. The molecule has 4 aromatic rings. The molecule has 0 aliphatic heterocycles. The summed E-state index contributed by atoms with van der Waals surface area (Å²) in [6.07, 6.45) is 2.34. The van der Waals surface area contributed by atoms with Gasteiger partial charge in [-0.1, -0.05) is 29.4 Å². The van der Waals surface area contributed by atoms with Crippen molar-refractivity contribution < 1.29 is 28.4 Å². The number of benzene rings is 3. The molecule has 11 heteroatoms. The van der Waals surface area contributed by atoms with Crippen LogP contribution in [0, 0.1) is 10.1 Å².